The van der Waals surface area contributed by atoms with E-state index in [9.17, 15) is 4.79 Å². The number of ether oxygens (including phenoxy) is 1. The van der Waals surface area contributed by atoms with E-state index in [1.165, 1.54) is 39.2 Å². The van der Waals surface area contributed by atoms with E-state index in [2.05, 4.69) is 33.8 Å². The maximum atomic E-state index is 11.6. The fourth-order valence-electron chi connectivity index (χ4n) is 3.52. The molecular formula is C18H27N5O2. The normalized spacial score (nSPS) is 18.1. The molecule has 3 rings (SSSR count). The molecule has 0 aliphatic carbocycles. The Labute approximate surface area is 148 Å². The molecule has 0 amide bonds. The van der Waals surface area contributed by atoms with Crippen molar-refractivity contribution in [3.63, 3.8) is 0 Å². The van der Waals surface area contributed by atoms with Crippen LogP contribution < -0.4 is 4.90 Å². The molecule has 0 radical (unpaired) electrons. The highest BCUT2D eigenvalue weighted by Gasteiger charge is 2.26. The van der Waals surface area contributed by atoms with Crippen molar-refractivity contribution in [2.45, 2.75) is 58.5 Å². The zero-order valence-electron chi connectivity index (χ0n) is 15.3. The van der Waals surface area contributed by atoms with Crippen LogP contribution in [-0.4, -0.2) is 45.4 Å². The summed E-state index contributed by atoms with van der Waals surface area (Å²) in [5, 5.41) is 5.23. The minimum absolute atomic E-state index is 0.0627. The third-order valence-electron chi connectivity index (χ3n) is 4.90. The summed E-state index contributed by atoms with van der Waals surface area (Å²) in [4.78, 5) is 22.9. The van der Waals surface area contributed by atoms with E-state index in [-0.39, 0.29) is 12.5 Å². The Morgan fingerprint density at radius 3 is 2.96 bits per heavy atom. The highest BCUT2D eigenvalue weighted by Crippen LogP contribution is 2.31. The fraction of sp³-hybridized carbons (Fsp3) is 0.667. The maximum Gasteiger partial charge on any atom is 0.327 e. The number of esters is 1. The number of hydrogen-bond donors (Lipinski definition) is 0. The van der Waals surface area contributed by atoms with E-state index in [0.717, 1.165) is 17.7 Å². The lowest BCUT2D eigenvalue weighted by molar-refractivity contribution is -0.141. The monoisotopic (exact) mass is 345 g/mol. The molecule has 0 unspecified atom stereocenters. The van der Waals surface area contributed by atoms with Crippen LogP contribution in [0.25, 0.3) is 11.0 Å². The Kier molecular flexibility index (Phi) is 5.50. The molecule has 2 aromatic heterocycles. The van der Waals surface area contributed by atoms with Gasteiger partial charge >= 0.3 is 5.97 Å². The summed E-state index contributed by atoms with van der Waals surface area (Å²) in [6.45, 7) is 5.62. The number of rotatable bonds is 6. The van der Waals surface area contributed by atoms with E-state index >= 15 is 0 Å². The van der Waals surface area contributed by atoms with Crippen molar-refractivity contribution < 1.29 is 9.53 Å². The van der Waals surface area contributed by atoms with Crippen molar-refractivity contribution in [1.82, 2.24) is 19.7 Å². The van der Waals surface area contributed by atoms with Crippen LogP contribution in [0.5, 0.6) is 0 Å². The molecule has 25 heavy (non-hydrogen) atoms. The third-order valence-corrected chi connectivity index (χ3v) is 4.90. The average molecular weight is 345 g/mol. The minimum Gasteiger partial charge on any atom is -0.468 e. The molecule has 7 heteroatoms. The molecular weight excluding hydrogens is 318 g/mol. The quantitative estimate of drug-likeness (QED) is 0.750. The van der Waals surface area contributed by atoms with Crippen LogP contribution in [0, 0.1) is 5.92 Å². The molecule has 1 saturated heterocycles. The number of fused-ring (bicyclic) bond motifs is 1. The van der Waals surface area contributed by atoms with Gasteiger partial charge in [0.25, 0.3) is 0 Å². The van der Waals surface area contributed by atoms with Crippen LogP contribution in [0.1, 0.15) is 46.0 Å². The molecule has 0 saturated carbocycles. The third kappa shape index (κ3) is 3.91. The topological polar surface area (TPSA) is 73.1 Å². The number of carbonyl (C=O) groups excluding carboxylic acids is 1. The van der Waals surface area contributed by atoms with Crippen LogP contribution in [0.2, 0.25) is 0 Å². The molecule has 2 aromatic rings. The molecule has 0 N–H and O–H groups in total. The first-order valence-corrected chi connectivity index (χ1v) is 9.10. The molecule has 136 valence electrons. The van der Waals surface area contributed by atoms with Crippen molar-refractivity contribution >= 4 is 22.8 Å². The number of nitrogens with zero attached hydrogens (tertiary/aromatic N) is 5. The summed E-state index contributed by atoms with van der Waals surface area (Å²) in [6, 6.07) is 0.512. The van der Waals surface area contributed by atoms with Crippen molar-refractivity contribution in [1.29, 1.82) is 0 Å². The van der Waals surface area contributed by atoms with Gasteiger partial charge in [-0.1, -0.05) is 13.8 Å². The van der Waals surface area contributed by atoms with Gasteiger partial charge in [0.2, 0.25) is 0 Å². The summed E-state index contributed by atoms with van der Waals surface area (Å²) in [5.41, 5.74) is 0.684. The van der Waals surface area contributed by atoms with Gasteiger partial charge in [0, 0.05) is 12.6 Å². The second-order valence-electron chi connectivity index (χ2n) is 7.13. The number of methoxy groups -OCH3 is 1. The van der Waals surface area contributed by atoms with Crippen molar-refractivity contribution in [3.05, 3.63) is 12.5 Å². The first-order chi connectivity index (χ1) is 12.1. The van der Waals surface area contributed by atoms with E-state index in [0.29, 0.717) is 17.6 Å². The van der Waals surface area contributed by atoms with Gasteiger partial charge in [0.15, 0.2) is 5.65 Å². The van der Waals surface area contributed by atoms with E-state index in [1.54, 1.807) is 17.2 Å². The lowest BCUT2D eigenvalue weighted by Crippen LogP contribution is -2.40. The van der Waals surface area contributed by atoms with Crippen molar-refractivity contribution in [2.75, 3.05) is 18.6 Å². The van der Waals surface area contributed by atoms with Gasteiger partial charge in [-0.25, -0.2) is 14.6 Å². The molecule has 3 heterocycles. The highest BCUT2D eigenvalue weighted by atomic mass is 16.5. The van der Waals surface area contributed by atoms with Crippen LogP contribution in [0.4, 0.5) is 5.82 Å². The van der Waals surface area contributed by atoms with Gasteiger partial charge in [-0.15, -0.1) is 0 Å². The van der Waals surface area contributed by atoms with E-state index < -0.39 is 0 Å². The predicted molar refractivity (Wildman–Crippen MR) is 96.4 cm³/mol. The SMILES string of the molecule is COC(=O)Cn1ncc2c(N3CCCC[C@@H]3CCC(C)C)ncnc21. The average Bonchev–Trinajstić information content (AvgIpc) is 3.03. The smallest absolute Gasteiger partial charge is 0.327 e. The zero-order valence-corrected chi connectivity index (χ0v) is 15.3. The number of piperidine rings is 1. The Morgan fingerprint density at radius 2 is 2.20 bits per heavy atom. The summed E-state index contributed by atoms with van der Waals surface area (Å²) >= 11 is 0. The molecule has 0 spiro atoms. The number of aromatic nitrogens is 4. The molecule has 1 aliphatic heterocycles. The maximum absolute atomic E-state index is 11.6. The number of anilines is 1. The van der Waals surface area contributed by atoms with Gasteiger partial charge in [-0.3, -0.25) is 4.79 Å². The summed E-state index contributed by atoms with van der Waals surface area (Å²) in [7, 11) is 1.38. The largest absolute Gasteiger partial charge is 0.468 e. The van der Waals surface area contributed by atoms with Crippen LogP contribution in [-0.2, 0) is 16.1 Å². The summed E-state index contributed by atoms with van der Waals surface area (Å²) in [6.07, 6.45) is 9.39. The molecule has 0 bridgehead atoms. The lowest BCUT2D eigenvalue weighted by atomic mass is 9.94. The molecule has 1 atom stereocenters. The van der Waals surface area contributed by atoms with Crippen LogP contribution in [0.3, 0.4) is 0 Å². The van der Waals surface area contributed by atoms with Crippen LogP contribution in [0.15, 0.2) is 12.5 Å². The molecule has 1 fully saturated rings. The number of hydrogen-bond acceptors (Lipinski definition) is 6. The Hall–Kier alpha value is -2.18. The Bertz CT molecular complexity index is 727. The van der Waals surface area contributed by atoms with Crippen LogP contribution >= 0.6 is 0 Å². The number of carbonyl (C=O) groups is 1. The van der Waals surface area contributed by atoms with Gasteiger partial charge in [0.05, 0.1) is 18.7 Å². The Balaban J connectivity index is 1.89. The highest BCUT2D eigenvalue weighted by molar-refractivity contribution is 5.87. The fourth-order valence-corrected chi connectivity index (χ4v) is 3.52. The van der Waals surface area contributed by atoms with Gasteiger partial charge < -0.3 is 9.64 Å². The first kappa shape index (κ1) is 17.6. The Morgan fingerprint density at radius 1 is 1.36 bits per heavy atom. The van der Waals surface area contributed by atoms with Crippen molar-refractivity contribution in [2.24, 2.45) is 5.92 Å². The summed E-state index contributed by atoms with van der Waals surface area (Å²) in [5.74, 6) is 1.31. The lowest BCUT2D eigenvalue weighted by Gasteiger charge is -2.37. The standard InChI is InChI=1S/C18H27N5O2/c1-13(2)7-8-14-6-4-5-9-22(14)17-15-10-21-23(11-16(24)25-3)18(15)20-12-19-17/h10,12-14H,4-9,11H2,1-3H3/t14-/m1/s1. The van der Waals surface area contributed by atoms with Gasteiger partial charge in [-0.2, -0.15) is 5.10 Å². The van der Waals surface area contributed by atoms with E-state index in [4.69, 9.17) is 4.74 Å². The van der Waals surface area contributed by atoms with E-state index in [1.807, 2.05) is 0 Å². The van der Waals surface area contributed by atoms with Gasteiger partial charge in [0.1, 0.15) is 18.7 Å². The summed E-state index contributed by atoms with van der Waals surface area (Å²) < 4.78 is 6.32. The second-order valence-corrected chi connectivity index (χ2v) is 7.13. The van der Waals surface area contributed by atoms with Gasteiger partial charge in [-0.05, 0) is 38.0 Å². The molecule has 1 aliphatic rings. The predicted octanol–water partition coefficient (Wildman–Crippen LogP) is 2.79. The second kappa shape index (κ2) is 7.80. The molecule has 7 nitrogen and oxygen atoms in total. The van der Waals surface area contributed by atoms with Crippen molar-refractivity contribution in [3.8, 4) is 0 Å². The first-order valence-electron chi connectivity index (χ1n) is 9.10. The zero-order chi connectivity index (χ0) is 17.8. The minimum atomic E-state index is -0.335. The molecule has 0 aromatic carbocycles.